The highest BCUT2D eigenvalue weighted by molar-refractivity contribution is 8.02. The molecule has 3 heterocycles. The summed E-state index contributed by atoms with van der Waals surface area (Å²) in [6, 6.07) is 5.26. The highest BCUT2D eigenvalue weighted by atomic mass is 32.2. The molecule has 3 rings (SSSR count). The monoisotopic (exact) mass is 404 g/mol. The van der Waals surface area contributed by atoms with Crippen molar-refractivity contribution in [1.29, 1.82) is 0 Å². The van der Waals surface area contributed by atoms with Crippen molar-refractivity contribution >= 4 is 30.0 Å². The van der Waals surface area contributed by atoms with Gasteiger partial charge in [0.2, 0.25) is 5.91 Å². The Morgan fingerprint density at radius 3 is 2.89 bits per heavy atom. The van der Waals surface area contributed by atoms with Gasteiger partial charge in [-0.05, 0) is 31.9 Å². The van der Waals surface area contributed by atoms with Gasteiger partial charge < -0.3 is 20.8 Å². The lowest BCUT2D eigenvalue weighted by molar-refractivity contribution is -0.163. The fraction of sp³-hybridized carbons (Fsp3) is 0.474. The average molecular weight is 404 g/mol. The molecular weight excluding hydrogens is 380 g/mol. The van der Waals surface area contributed by atoms with Gasteiger partial charge in [-0.2, -0.15) is 0 Å². The van der Waals surface area contributed by atoms with E-state index in [9.17, 15) is 19.8 Å². The summed E-state index contributed by atoms with van der Waals surface area (Å²) in [5.74, 6) is -1.65. The number of carbonyl (C=O) groups excluding carboxylic acids is 1. The minimum Gasteiger partial charge on any atom is -0.477 e. The van der Waals surface area contributed by atoms with Crippen LogP contribution in [0, 0.1) is 11.8 Å². The van der Waals surface area contributed by atoms with Crippen LogP contribution in [0.5, 0.6) is 0 Å². The Labute approximate surface area is 167 Å². The van der Waals surface area contributed by atoms with Crippen molar-refractivity contribution in [3.63, 3.8) is 0 Å². The summed E-state index contributed by atoms with van der Waals surface area (Å²) in [5.41, 5.74) is 6.17. The molecule has 0 aromatic carbocycles. The second-order valence-electron chi connectivity index (χ2n) is 6.90. The van der Waals surface area contributed by atoms with E-state index in [1.54, 1.807) is 13.1 Å². The van der Waals surface area contributed by atoms with Crippen LogP contribution in [0.1, 0.15) is 25.5 Å². The van der Waals surface area contributed by atoms with Crippen LogP contribution in [0.2, 0.25) is 0 Å². The molecule has 28 heavy (non-hydrogen) atoms. The number of pyridine rings is 1. The second-order valence-corrected chi connectivity index (χ2v) is 7.91. The third kappa shape index (κ3) is 3.77. The molecule has 9 heteroatoms. The van der Waals surface area contributed by atoms with Crippen LogP contribution < -0.4 is 5.73 Å². The molecule has 1 amide bonds. The molecule has 0 radical (unpaired) electrons. The van der Waals surface area contributed by atoms with E-state index >= 15 is 0 Å². The zero-order chi connectivity index (χ0) is 20.3. The number of aromatic nitrogens is 1. The number of β-lactam (4-membered cyclic amide) rings is 1. The van der Waals surface area contributed by atoms with Crippen molar-refractivity contribution in [3.05, 3.63) is 40.7 Å². The van der Waals surface area contributed by atoms with Crippen molar-refractivity contribution in [2.45, 2.75) is 37.7 Å². The van der Waals surface area contributed by atoms with E-state index in [0.717, 1.165) is 5.69 Å². The molecule has 0 spiro atoms. The average Bonchev–Trinajstić information content (AvgIpc) is 2.94. The number of hydrogen-bond acceptors (Lipinski definition) is 6. The summed E-state index contributed by atoms with van der Waals surface area (Å²) >= 11 is 1.41. The molecular formula is C19H24N4O4S. The number of thioether (sulfide) groups is 1. The highest BCUT2D eigenvalue weighted by Crippen LogP contribution is 2.52. The Kier molecular flexibility index (Phi) is 6.35. The first-order valence-electron chi connectivity index (χ1n) is 9.18. The number of fused-ring (bicyclic) bond motifs is 1. The summed E-state index contributed by atoms with van der Waals surface area (Å²) in [6.07, 6.45) is 3.50. The van der Waals surface area contributed by atoms with Crippen molar-refractivity contribution in [3.8, 4) is 0 Å². The van der Waals surface area contributed by atoms with Gasteiger partial charge in [0.25, 0.3) is 0 Å². The molecule has 1 aromatic rings. The third-order valence-electron chi connectivity index (χ3n) is 5.14. The summed E-state index contributed by atoms with van der Waals surface area (Å²) in [7, 11) is 0. The number of carbonyl (C=O) groups is 2. The van der Waals surface area contributed by atoms with E-state index in [-0.39, 0.29) is 23.6 Å². The van der Waals surface area contributed by atoms with Crippen molar-refractivity contribution < 1.29 is 19.8 Å². The van der Waals surface area contributed by atoms with Crippen molar-refractivity contribution in [2.24, 2.45) is 22.6 Å². The maximum Gasteiger partial charge on any atom is 0.353 e. The summed E-state index contributed by atoms with van der Waals surface area (Å²) in [4.78, 5) is 34.9. The predicted molar refractivity (Wildman–Crippen MR) is 106 cm³/mol. The Hall–Kier alpha value is -2.39. The van der Waals surface area contributed by atoms with Gasteiger partial charge in [0, 0.05) is 29.3 Å². The van der Waals surface area contributed by atoms with Crippen LogP contribution >= 0.6 is 11.8 Å². The number of nitrogens with two attached hydrogens (primary N) is 1. The third-order valence-corrected chi connectivity index (χ3v) is 6.39. The maximum atomic E-state index is 12.5. The minimum atomic E-state index is -1.12. The lowest BCUT2D eigenvalue weighted by atomic mass is 9.77. The lowest BCUT2D eigenvalue weighted by Crippen LogP contribution is -2.63. The fourth-order valence-electron chi connectivity index (χ4n) is 3.96. The van der Waals surface area contributed by atoms with Crippen molar-refractivity contribution in [2.75, 3.05) is 6.54 Å². The van der Waals surface area contributed by atoms with Crippen LogP contribution in [-0.2, 0) is 15.3 Å². The van der Waals surface area contributed by atoms with Gasteiger partial charge >= 0.3 is 5.97 Å². The molecule has 1 saturated heterocycles. The normalized spacial score (nSPS) is 25.1. The quantitative estimate of drug-likeness (QED) is 0.244. The minimum absolute atomic E-state index is 0.0418. The van der Waals surface area contributed by atoms with Gasteiger partial charge in [-0.3, -0.25) is 14.8 Å². The van der Waals surface area contributed by atoms with Gasteiger partial charge in [0.1, 0.15) is 5.70 Å². The molecule has 1 fully saturated rings. The van der Waals surface area contributed by atoms with Gasteiger partial charge in [-0.25, -0.2) is 4.79 Å². The molecule has 0 bridgehead atoms. The number of nitrogens with zero attached hydrogens (tertiary/aromatic N) is 3. The standard InChI is InChI=1S/C19H24N4O4S/c1-11(24)14-15-13(6-4-7-21-10-20)17(16(19(26)27)23(15)18(14)25)28-9-12-5-2-3-8-22-12/h2-3,5,8,10-11,13-15,24H,4,6-7,9H2,1H3,(H2,20,21)(H,26,27)/t11-,13-,14-,15-/m1/s1. The summed E-state index contributed by atoms with van der Waals surface area (Å²) in [5, 5.41) is 19.9. The first-order chi connectivity index (χ1) is 13.5. The topological polar surface area (TPSA) is 129 Å². The Balaban J connectivity index is 1.88. The van der Waals surface area contributed by atoms with E-state index < -0.39 is 18.0 Å². The van der Waals surface area contributed by atoms with Crippen molar-refractivity contribution in [1.82, 2.24) is 9.88 Å². The molecule has 1 aromatic heterocycles. The summed E-state index contributed by atoms with van der Waals surface area (Å²) < 4.78 is 0. The number of carboxylic acids is 1. The Morgan fingerprint density at radius 1 is 1.50 bits per heavy atom. The largest absolute Gasteiger partial charge is 0.477 e. The number of rotatable bonds is 9. The van der Waals surface area contributed by atoms with E-state index in [0.29, 0.717) is 30.0 Å². The molecule has 0 aliphatic carbocycles. The lowest BCUT2D eigenvalue weighted by Gasteiger charge is -2.47. The van der Waals surface area contributed by atoms with Gasteiger partial charge in [-0.1, -0.05) is 6.07 Å². The number of aliphatic hydroxyl groups excluding tert-OH is 1. The number of amides is 1. The molecule has 2 aliphatic rings. The second kappa shape index (κ2) is 8.74. The predicted octanol–water partition coefficient (Wildman–Crippen LogP) is 1.22. The summed E-state index contributed by atoms with van der Waals surface area (Å²) in [6.45, 7) is 2.11. The molecule has 2 aliphatic heterocycles. The fourth-order valence-corrected chi connectivity index (χ4v) is 5.23. The number of aliphatic carboxylic acids is 1. The molecule has 0 saturated carbocycles. The molecule has 4 N–H and O–H groups in total. The van der Waals surface area contributed by atoms with E-state index in [1.807, 2.05) is 18.2 Å². The van der Waals surface area contributed by atoms with Crippen LogP contribution in [0.25, 0.3) is 0 Å². The first kappa shape index (κ1) is 20.3. The van der Waals surface area contributed by atoms with E-state index in [1.165, 1.54) is 23.0 Å². The van der Waals surface area contributed by atoms with Crippen LogP contribution in [0.3, 0.4) is 0 Å². The number of carboxylic acid groups (broad SMARTS) is 1. The van der Waals surface area contributed by atoms with Gasteiger partial charge in [0.05, 0.1) is 30.1 Å². The number of hydrogen-bond donors (Lipinski definition) is 3. The highest BCUT2D eigenvalue weighted by Gasteiger charge is 2.60. The molecule has 8 nitrogen and oxygen atoms in total. The molecule has 0 unspecified atom stereocenters. The smallest absolute Gasteiger partial charge is 0.353 e. The Morgan fingerprint density at radius 2 is 2.29 bits per heavy atom. The number of aliphatic hydroxyl groups is 1. The zero-order valence-electron chi connectivity index (χ0n) is 15.6. The van der Waals surface area contributed by atoms with Gasteiger partial charge in [-0.15, -0.1) is 11.8 Å². The number of aliphatic imine (C=N–C) groups is 1. The first-order valence-corrected chi connectivity index (χ1v) is 10.2. The molecule has 150 valence electrons. The zero-order valence-corrected chi connectivity index (χ0v) is 16.4. The van der Waals surface area contributed by atoms with Crippen LogP contribution in [0.4, 0.5) is 0 Å². The van der Waals surface area contributed by atoms with Crippen LogP contribution in [-0.4, -0.2) is 57.0 Å². The Bertz CT molecular complexity index is 796. The molecule has 4 atom stereocenters. The van der Waals surface area contributed by atoms with E-state index in [2.05, 4.69) is 9.98 Å². The van der Waals surface area contributed by atoms with Crippen LogP contribution in [0.15, 0.2) is 40.0 Å². The SMILES string of the molecule is C[C@@H](O)[C@H]1C(=O)N2C(C(=O)O)=C(SCc3ccccn3)[C@H](CCCN=CN)[C@H]12. The maximum absolute atomic E-state index is 12.5. The van der Waals surface area contributed by atoms with Gasteiger partial charge in [0.15, 0.2) is 0 Å². The van der Waals surface area contributed by atoms with E-state index in [4.69, 9.17) is 5.73 Å².